The summed E-state index contributed by atoms with van der Waals surface area (Å²) in [6.45, 7) is 7.08. The largest absolute Gasteiger partial charge is 0.348 e. The van der Waals surface area contributed by atoms with Gasteiger partial charge in [-0.05, 0) is 20.3 Å². The predicted octanol–water partition coefficient (Wildman–Crippen LogP) is 2.33. The summed E-state index contributed by atoms with van der Waals surface area (Å²) in [5.74, 6) is -0.242. The third-order valence-electron chi connectivity index (χ3n) is 2.23. The fourth-order valence-corrected chi connectivity index (χ4v) is 1.10. The molecule has 0 saturated carbocycles. The number of unbranched alkanes of at least 4 members (excludes halogenated alkanes) is 2. The Morgan fingerprint density at radius 1 is 1.45 bits per heavy atom. The van der Waals surface area contributed by atoms with Crippen LogP contribution in [0.4, 0.5) is 0 Å². The predicted molar refractivity (Wildman–Crippen MR) is 44.4 cm³/mol. The lowest BCUT2D eigenvalue weighted by atomic mass is 10.2. The Morgan fingerprint density at radius 2 is 2.09 bits per heavy atom. The van der Waals surface area contributed by atoms with Gasteiger partial charge in [0.25, 0.3) is 0 Å². The van der Waals surface area contributed by atoms with Gasteiger partial charge in [0.15, 0.2) is 5.79 Å². The van der Waals surface area contributed by atoms with E-state index in [9.17, 15) is 0 Å². The second kappa shape index (κ2) is 3.55. The molecule has 0 N–H and O–H groups in total. The fourth-order valence-electron chi connectivity index (χ4n) is 1.10. The minimum absolute atomic E-state index is 0.242. The molecule has 1 saturated heterocycles. The Balaban J connectivity index is 1.96. The highest BCUT2D eigenvalue weighted by molar-refractivity contribution is 4.86. The molecule has 1 aliphatic rings. The van der Waals surface area contributed by atoms with Crippen LogP contribution in [0.2, 0.25) is 0 Å². The van der Waals surface area contributed by atoms with Gasteiger partial charge >= 0.3 is 0 Å². The van der Waals surface area contributed by atoms with Crippen LogP contribution in [-0.4, -0.2) is 18.5 Å². The van der Waals surface area contributed by atoms with Crippen LogP contribution in [0.5, 0.6) is 0 Å². The van der Waals surface area contributed by atoms with E-state index in [-0.39, 0.29) is 5.79 Å². The topological polar surface area (TPSA) is 21.8 Å². The van der Waals surface area contributed by atoms with Gasteiger partial charge in [-0.2, -0.15) is 0 Å². The van der Waals surface area contributed by atoms with E-state index in [0.29, 0.717) is 6.10 Å². The van der Waals surface area contributed by atoms with E-state index in [0.717, 1.165) is 13.0 Å². The minimum atomic E-state index is -0.242. The maximum Gasteiger partial charge on any atom is 0.192 e. The quantitative estimate of drug-likeness (QED) is 0.452. The first kappa shape index (κ1) is 9.01. The lowest BCUT2D eigenvalue weighted by Gasteiger charge is -2.06. The molecule has 1 aliphatic heterocycles. The lowest BCUT2D eigenvalue weighted by Crippen LogP contribution is -2.14. The molecule has 66 valence electrons. The van der Waals surface area contributed by atoms with Crippen LogP contribution >= 0.6 is 0 Å². The van der Waals surface area contributed by atoms with E-state index in [1.165, 1.54) is 12.8 Å². The molecular formula is C9H18O2. The van der Waals surface area contributed by atoms with Crippen LogP contribution < -0.4 is 0 Å². The normalized spacial score (nSPS) is 35.7. The smallest absolute Gasteiger partial charge is 0.192 e. The zero-order valence-electron chi connectivity index (χ0n) is 7.72. The highest BCUT2D eigenvalue weighted by atomic mass is 16.8. The highest BCUT2D eigenvalue weighted by Gasteiger charge is 2.50. The van der Waals surface area contributed by atoms with Crippen molar-refractivity contribution < 1.29 is 9.47 Å². The Labute approximate surface area is 68.9 Å². The van der Waals surface area contributed by atoms with Crippen molar-refractivity contribution in [2.45, 2.75) is 51.9 Å². The van der Waals surface area contributed by atoms with Crippen LogP contribution in [-0.2, 0) is 9.47 Å². The first-order valence-corrected chi connectivity index (χ1v) is 4.51. The molecule has 0 aliphatic carbocycles. The van der Waals surface area contributed by atoms with Gasteiger partial charge < -0.3 is 9.47 Å². The van der Waals surface area contributed by atoms with Crippen LogP contribution in [0.15, 0.2) is 0 Å². The van der Waals surface area contributed by atoms with E-state index >= 15 is 0 Å². The van der Waals surface area contributed by atoms with Crippen molar-refractivity contribution in [2.24, 2.45) is 0 Å². The van der Waals surface area contributed by atoms with Gasteiger partial charge in [0.2, 0.25) is 0 Å². The van der Waals surface area contributed by atoms with Crippen molar-refractivity contribution in [3.8, 4) is 0 Å². The van der Waals surface area contributed by atoms with Crippen LogP contribution in [0.3, 0.4) is 0 Å². The molecule has 0 aromatic carbocycles. The Hall–Kier alpha value is -0.0800. The number of hydrogen-bond donors (Lipinski definition) is 0. The molecular weight excluding hydrogens is 140 g/mol. The molecule has 0 radical (unpaired) electrons. The molecule has 2 unspecified atom stereocenters. The Kier molecular flexibility index (Phi) is 2.90. The molecule has 2 nitrogen and oxygen atoms in total. The van der Waals surface area contributed by atoms with Crippen molar-refractivity contribution in [3.05, 3.63) is 0 Å². The Morgan fingerprint density at radius 3 is 2.55 bits per heavy atom. The number of rotatable bonds is 5. The third-order valence-corrected chi connectivity index (χ3v) is 2.23. The molecule has 2 heteroatoms. The average molecular weight is 158 g/mol. The van der Waals surface area contributed by atoms with Gasteiger partial charge in [-0.1, -0.05) is 19.8 Å². The lowest BCUT2D eigenvalue weighted by molar-refractivity contribution is -0.0311. The van der Waals surface area contributed by atoms with E-state index in [2.05, 4.69) is 6.92 Å². The summed E-state index contributed by atoms with van der Waals surface area (Å²) in [6, 6.07) is 0. The van der Waals surface area contributed by atoms with Crippen molar-refractivity contribution in [2.75, 3.05) is 6.61 Å². The molecule has 0 amide bonds. The van der Waals surface area contributed by atoms with Crippen molar-refractivity contribution in [1.82, 2.24) is 0 Å². The molecule has 11 heavy (non-hydrogen) atoms. The summed E-state index contributed by atoms with van der Waals surface area (Å²) >= 11 is 0. The molecule has 1 fully saturated rings. The standard InChI is InChI=1S/C9H18O2/c1-4-5-6-7-10-9(3)8(2)11-9/h8H,4-7H2,1-3H3. The van der Waals surface area contributed by atoms with E-state index in [1.807, 2.05) is 13.8 Å². The summed E-state index contributed by atoms with van der Waals surface area (Å²) in [5, 5.41) is 0. The summed E-state index contributed by atoms with van der Waals surface area (Å²) in [7, 11) is 0. The second-order valence-corrected chi connectivity index (χ2v) is 3.33. The van der Waals surface area contributed by atoms with Gasteiger partial charge in [0.05, 0.1) is 6.61 Å². The molecule has 0 aromatic heterocycles. The van der Waals surface area contributed by atoms with E-state index < -0.39 is 0 Å². The van der Waals surface area contributed by atoms with Gasteiger partial charge in [-0.3, -0.25) is 0 Å². The van der Waals surface area contributed by atoms with Crippen molar-refractivity contribution in [3.63, 3.8) is 0 Å². The van der Waals surface area contributed by atoms with Gasteiger partial charge in [-0.25, -0.2) is 0 Å². The minimum Gasteiger partial charge on any atom is -0.348 e. The van der Waals surface area contributed by atoms with Crippen molar-refractivity contribution in [1.29, 1.82) is 0 Å². The summed E-state index contributed by atoms with van der Waals surface area (Å²) in [6.07, 6.45) is 3.95. The number of hydrogen-bond acceptors (Lipinski definition) is 2. The van der Waals surface area contributed by atoms with Crippen LogP contribution in [0, 0.1) is 0 Å². The number of epoxide rings is 1. The van der Waals surface area contributed by atoms with Gasteiger partial charge in [0.1, 0.15) is 6.10 Å². The SMILES string of the molecule is CCCCCOC1(C)OC1C. The van der Waals surface area contributed by atoms with E-state index in [4.69, 9.17) is 9.47 Å². The van der Waals surface area contributed by atoms with E-state index in [1.54, 1.807) is 0 Å². The highest BCUT2D eigenvalue weighted by Crippen LogP contribution is 2.36. The maximum atomic E-state index is 5.53. The van der Waals surface area contributed by atoms with Gasteiger partial charge in [-0.15, -0.1) is 0 Å². The van der Waals surface area contributed by atoms with Crippen LogP contribution in [0.25, 0.3) is 0 Å². The first-order chi connectivity index (χ1) is 5.19. The number of ether oxygens (including phenoxy) is 2. The third kappa shape index (κ3) is 2.46. The fraction of sp³-hybridized carbons (Fsp3) is 1.00. The first-order valence-electron chi connectivity index (χ1n) is 4.51. The Bertz CT molecular complexity index is 125. The monoisotopic (exact) mass is 158 g/mol. The zero-order valence-corrected chi connectivity index (χ0v) is 7.72. The molecule has 0 aromatic rings. The molecule has 1 rings (SSSR count). The van der Waals surface area contributed by atoms with Crippen LogP contribution in [0.1, 0.15) is 40.0 Å². The summed E-state index contributed by atoms with van der Waals surface area (Å²) < 4.78 is 10.8. The van der Waals surface area contributed by atoms with Gasteiger partial charge in [0, 0.05) is 0 Å². The summed E-state index contributed by atoms with van der Waals surface area (Å²) in [5.41, 5.74) is 0. The molecule has 0 bridgehead atoms. The molecule has 2 atom stereocenters. The van der Waals surface area contributed by atoms with Crippen molar-refractivity contribution >= 4 is 0 Å². The second-order valence-electron chi connectivity index (χ2n) is 3.33. The zero-order chi connectivity index (χ0) is 8.32. The maximum absolute atomic E-state index is 5.53. The summed E-state index contributed by atoms with van der Waals surface area (Å²) in [4.78, 5) is 0. The molecule has 1 heterocycles. The average Bonchev–Trinajstić information content (AvgIpc) is 2.54. The molecule has 0 spiro atoms.